The van der Waals surface area contributed by atoms with E-state index in [1.54, 1.807) is 0 Å². The molecule has 1 aliphatic heterocycles. The number of hydrogen-bond donors (Lipinski definition) is 2. The number of hydrogen-bond acceptors (Lipinski definition) is 2. The van der Waals surface area contributed by atoms with Crippen molar-refractivity contribution in [3.05, 3.63) is 47.5 Å². The molecule has 0 radical (unpaired) electrons. The number of aromatic amines is 1. The molecule has 0 saturated heterocycles. The smallest absolute Gasteiger partial charge is 0.406 e. The van der Waals surface area contributed by atoms with Gasteiger partial charge in [0.15, 0.2) is 0 Å². The largest absolute Gasteiger partial charge is 0.573 e. The minimum absolute atomic E-state index is 0.176. The third-order valence-electron chi connectivity index (χ3n) is 4.34. The Bertz CT molecular complexity index is 1100. The van der Waals surface area contributed by atoms with E-state index in [0.29, 0.717) is 5.52 Å². The van der Waals surface area contributed by atoms with Crippen LogP contribution < -0.4 is 10.1 Å². The number of nitrogens with one attached hydrogen (secondary N) is 2. The Hall–Kier alpha value is -3.17. The van der Waals surface area contributed by atoms with Crippen LogP contribution in [0.5, 0.6) is 5.75 Å². The highest BCUT2D eigenvalue weighted by atomic mass is 19.4. The molecule has 10 heteroatoms. The number of ether oxygens (including phenoxy) is 1. The second-order valence-corrected chi connectivity index (χ2v) is 6.22. The van der Waals surface area contributed by atoms with E-state index in [0.717, 1.165) is 24.3 Å². The molecule has 1 aromatic heterocycles. The van der Waals surface area contributed by atoms with Crippen molar-refractivity contribution in [1.82, 2.24) is 4.98 Å². The molecule has 1 amide bonds. The number of aromatic nitrogens is 1. The maximum absolute atomic E-state index is 13.0. The number of anilines is 1. The van der Waals surface area contributed by atoms with Crippen molar-refractivity contribution >= 4 is 22.5 Å². The van der Waals surface area contributed by atoms with Gasteiger partial charge in [-0.05, 0) is 42.0 Å². The standard InChI is InChI=1S/C18H10F6N2O2/c19-17(20,21)8-1-3-13-10(5-8)11-7-15(27)25-14-4-2-9(28-18(22,23)24)6-12(14)16(11)26-13/h1-6,26H,7H2,(H,25,27). The first-order valence-corrected chi connectivity index (χ1v) is 7.93. The minimum atomic E-state index is -4.91. The lowest BCUT2D eigenvalue weighted by Crippen LogP contribution is -2.17. The number of rotatable bonds is 1. The molecule has 3 aromatic rings. The Kier molecular flexibility index (Phi) is 3.84. The molecule has 1 aliphatic rings. The van der Waals surface area contributed by atoms with Crippen molar-refractivity contribution in [3.63, 3.8) is 0 Å². The summed E-state index contributed by atoms with van der Waals surface area (Å²) in [6, 6.07) is 6.40. The first kappa shape index (κ1) is 18.2. The molecule has 0 bridgehead atoms. The highest BCUT2D eigenvalue weighted by Gasteiger charge is 2.33. The zero-order valence-corrected chi connectivity index (χ0v) is 13.8. The summed E-state index contributed by atoms with van der Waals surface area (Å²) in [4.78, 5) is 15.1. The predicted molar refractivity (Wildman–Crippen MR) is 87.8 cm³/mol. The number of fused-ring (bicyclic) bond motifs is 5. The van der Waals surface area contributed by atoms with Crippen LogP contribution in [0.2, 0.25) is 0 Å². The zero-order chi connectivity index (χ0) is 20.3. The van der Waals surface area contributed by atoms with Crippen molar-refractivity contribution in [3.8, 4) is 17.0 Å². The highest BCUT2D eigenvalue weighted by Crippen LogP contribution is 2.41. The lowest BCUT2D eigenvalue weighted by Gasteiger charge is -2.12. The molecule has 2 N–H and O–H groups in total. The van der Waals surface area contributed by atoms with Gasteiger partial charge in [0.1, 0.15) is 5.75 Å². The number of H-pyrrole nitrogens is 1. The fourth-order valence-corrected chi connectivity index (χ4v) is 3.23. The van der Waals surface area contributed by atoms with Gasteiger partial charge in [0, 0.05) is 16.5 Å². The van der Waals surface area contributed by atoms with Gasteiger partial charge >= 0.3 is 12.5 Å². The van der Waals surface area contributed by atoms with Gasteiger partial charge in [0.2, 0.25) is 5.91 Å². The summed E-state index contributed by atoms with van der Waals surface area (Å²) in [6.07, 6.45) is -9.72. The molecule has 0 saturated carbocycles. The van der Waals surface area contributed by atoms with Gasteiger partial charge in [0.05, 0.1) is 23.4 Å². The Morgan fingerprint density at radius 1 is 0.964 bits per heavy atom. The summed E-state index contributed by atoms with van der Waals surface area (Å²) in [5.41, 5.74) is 0.381. The molecular weight excluding hydrogens is 390 g/mol. The van der Waals surface area contributed by atoms with Crippen LogP contribution in [0.25, 0.3) is 22.2 Å². The quantitative estimate of drug-likeness (QED) is 0.549. The third kappa shape index (κ3) is 3.25. The fourth-order valence-electron chi connectivity index (χ4n) is 3.23. The van der Waals surface area contributed by atoms with Crippen molar-refractivity contribution in [2.75, 3.05) is 5.32 Å². The molecule has 2 heterocycles. The number of amides is 1. The maximum atomic E-state index is 13.0. The monoisotopic (exact) mass is 400 g/mol. The molecule has 0 fully saturated rings. The second kappa shape index (κ2) is 5.91. The SMILES string of the molecule is O=C1Cc2c([nH]c3ccc(C(F)(F)F)cc23)-c2cc(OC(F)(F)F)ccc2N1. The Balaban J connectivity index is 1.93. The molecule has 2 aromatic carbocycles. The van der Waals surface area contributed by atoms with Crippen molar-refractivity contribution in [2.45, 2.75) is 19.0 Å². The molecule has 0 spiro atoms. The molecular formula is C18H10F6N2O2. The molecule has 146 valence electrons. The summed E-state index contributed by atoms with van der Waals surface area (Å²) in [6.45, 7) is 0. The Morgan fingerprint density at radius 3 is 2.39 bits per heavy atom. The summed E-state index contributed by atoms with van der Waals surface area (Å²) in [5, 5.41) is 2.71. The van der Waals surface area contributed by atoms with E-state index in [4.69, 9.17) is 0 Å². The summed E-state index contributed by atoms with van der Waals surface area (Å²) < 4.78 is 80.6. The van der Waals surface area contributed by atoms with Gasteiger partial charge in [-0.15, -0.1) is 13.2 Å². The van der Waals surface area contributed by atoms with Crippen LogP contribution in [0.1, 0.15) is 11.1 Å². The van der Waals surface area contributed by atoms with Gasteiger partial charge in [0.25, 0.3) is 0 Å². The Morgan fingerprint density at radius 2 is 1.71 bits per heavy atom. The van der Waals surface area contributed by atoms with Crippen LogP contribution in [0.15, 0.2) is 36.4 Å². The van der Waals surface area contributed by atoms with E-state index in [-0.39, 0.29) is 34.3 Å². The normalized spacial score (nSPS) is 14.3. The topological polar surface area (TPSA) is 54.1 Å². The second-order valence-electron chi connectivity index (χ2n) is 6.22. The molecule has 28 heavy (non-hydrogen) atoms. The van der Waals surface area contributed by atoms with Crippen LogP contribution in [0.4, 0.5) is 32.0 Å². The van der Waals surface area contributed by atoms with E-state index in [1.165, 1.54) is 12.1 Å². The molecule has 4 nitrogen and oxygen atoms in total. The third-order valence-corrected chi connectivity index (χ3v) is 4.34. The lowest BCUT2D eigenvalue weighted by molar-refractivity contribution is -0.274. The number of benzene rings is 2. The van der Waals surface area contributed by atoms with Crippen LogP contribution in [-0.2, 0) is 17.4 Å². The lowest BCUT2D eigenvalue weighted by atomic mass is 10.0. The van der Waals surface area contributed by atoms with Crippen LogP contribution in [0, 0.1) is 0 Å². The molecule has 0 unspecified atom stereocenters. The van der Waals surface area contributed by atoms with Gasteiger partial charge in [-0.2, -0.15) is 13.2 Å². The van der Waals surface area contributed by atoms with Gasteiger partial charge in [-0.3, -0.25) is 4.79 Å². The summed E-state index contributed by atoms with van der Waals surface area (Å²) >= 11 is 0. The summed E-state index contributed by atoms with van der Waals surface area (Å²) in [7, 11) is 0. The van der Waals surface area contributed by atoms with Crippen LogP contribution in [-0.4, -0.2) is 17.3 Å². The first-order chi connectivity index (χ1) is 13.0. The fraction of sp³-hybridized carbons (Fsp3) is 0.167. The highest BCUT2D eigenvalue weighted by molar-refractivity contribution is 6.05. The van der Waals surface area contributed by atoms with E-state index in [2.05, 4.69) is 15.0 Å². The maximum Gasteiger partial charge on any atom is 0.573 e. The Labute approximate surface area is 153 Å². The molecule has 0 aliphatic carbocycles. The minimum Gasteiger partial charge on any atom is -0.406 e. The van der Waals surface area contributed by atoms with Crippen molar-refractivity contribution in [2.24, 2.45) is 0 Å². The average molecular weight is 400 g/mol. The number of halogens is 6. The number of carbonyl (C=O) groups is 1. The van der Waals surface area contributed by atoms with E-state index in [9.17, 15) is 31.1 Å². The van der Waals surface area contributed by atoms with Crippen LogP contribution in [0.3, 0.4) is 0 Å². The predicted octanol–water partition coefficient (Wildman–Crippen LogP) is 5.25. The van der Waals surface area contributed by atoms with Gasteiger partial charge < -0.3 is 15.0 Å². The van der Waals surface area contributed by atoms with Crippen molar-refractivity contribution in [1.29, 1.82) is 0 Å². The van der Waals surface area contributed by atoms with E-state index < -0.39 is 29.8 Å². The average Bonchev–Trinajstić information content (AvgIpc) is 2.85. The van der Waals surface area contributed by atoms with Crippen molar-refractivity contribution < 1.29 is 35.9 Å². The number of carbonyl (C=O) groups excluding carboxylic acids is 1. The van der Waals surface area contributed by atoms with Gasteiger partial charge in [-0.1, -0.05) is 0 Å². The number of alkyl halides is 6. The summed E-state index contributed by atoms with van der Waals surface area (Å²) in [5.74, 6) is -1.01. The zero-order valence-electron chi connectivity index (χ0n) is 13.8. The molecule has 4 rings (SSSR count). The van der Waals surface area contributed by atoms with Crippen LogP contribution >= 0.6 is 0 Å². The molecule has 0 atom stereocenters. The van der Waals surface area contributed by atoms with Gasteiger partial charge in [-0.25, -0.2) is 0 Å². The van der Waals surface area contributed by atoms with E-state index >= 15 is 0 Å². The first-order valence-electron chi connectivity index (χ1n) is 7.93. The van der Waals surface area contributed by atoms with E-state index in [1.807, 2.05) is 0 Å².